The molecule has 0 aromatic carbocycles. The molecule has 0 unspecified atom stereocenters. The Bertz CT molecular complexity index is 298. The number of carbonyl (C=O) groups is 1. The van der Waals surface area contributed by atoms with Crippen LogP contribution in [0.25, 0.3) is 0 Å². The van der Waals surface area contributed by atoms with Gasteiger partial charge < -0.3 is 5.11 Å². The summed E-state index contributed by atoms with van der Waals surface area (Å²) in [6.45, 7) is 10.4. The number of hydrogen-bond donors (Lipinski definition) is 1. The predicted octanol–water partition coefficient (Wildman–Crippen LogP) is 2.65. The maximum absolute atomic E-state index is 11.1. The van der Waals surface area contributed by atoms with Gasteiger partial charge in [0.25, 0.3) is 0 Å². The van der Waals surface area contributed by atoms with E-state index in [0.717, 1.165) is 5.57 Å². The van der Waals surface area contributed by atoms with Gasteiger partial charge in [-0.3, -0.25) is 4.79 Å². The van der Waals surface area contributed by atoms with E-state index in [-0.39, 0.29) is 23.2 Å². The molecule has 3 heteroatoms. The first-order valence-electron chi connectivity index (χ1n) is 4.51. The summed E-state index contributed by atoms with van der Waals surface area (Å²) in [7, 11) is 0. The van der Waals surface area contributed by atoms with Gasteiger partial charge in [0.1, 0.15) is 11.5 Å². The van der Waals surface area contributed by atoms with Crippen molar-refractivity contribution in [3.8, 4) is 0 Å². The smallest absolute Gasteiger partial charge is 0.181 e. The van der Waals surface area contributed by atoms with Crippen molar-refractivity contribution in [1.29, 1.82) is 0 Å². The van der Waals surface area contributed by atoms with Crippen molar-refractivity contribution in [1.82, 2.24) is 0 Å². The third kappa shape index (κ3) is 3.17. The molecular weight excluding hydrogens is 178 g/mol. The van der Waals surface area contributed by atoms with Gasteiger partial charge in [0.15, 0.2) is 5.78 Å². The van der Waals surface area contributed by atoms with Crippen LogP contribution < -0.4 is 0 Å². The van der Waals surface area contributed by atoms with Gasteiger partial charge in [-0.1, -0.05) is 20.4 Å². The Morgan fingerprint density at radius 1 is 1.43 bits per heavy atom. The summed E-state index contributed by atoms with van der Waals surface area (Å²) in [6.07, 6.45) is 1.25. The third-order valence-corrected chi connectivity index (χ3v) is 2.02. The number of Topliss-reactive ketones (excluding diaryl/α,β-unsaturated/α-hetero) is 1. The van der Waals surface area contributed by atoms with Crippen LogP contribution in [-0.4, -0.2) is 16.6 Å². The van der Waals surface area contributed by atoms with Crippen molar-refractivity contribution in [2.75, 3.05) is 0 Å². The van der Waals surface area contributed by atoms with E-state index < -0.39 is 0 Å². The molecule has 3 nitrogen and oxygen atoms in total. The second-order valence-electron chi connectivity index (χ2n) is 3.40. The summed E-state index contributed by atoms with van der Waals surface area (Å²) < 4.78 is 0. The van der Waals surface area contributed by atoms with Crippen molar-refractivity contribution in [3.63, 3.8) is 0 Å². The molecule has 0 rings (SSSR count). The van der Waals surface area contributed by atoms with Crippen molar-refractivity contribution >= 4 is 11.5 Å². The minimum absolute atomic E-state index is 0.0348. The summed E-state index contributed by atoms with van der Waals surface area (Å²) in [6, 6.07) is 0. The molecule has 1 N–H and O–H groups in total. The second-order valence-corrected chi connectivity index (χ2v) is 3.40. The van der Waals surface area contributed by atoms with Crippen LogP contribution in [0.15, 0.2) is 29.1 Å². The van der Waals surface area contributed by atoms with Crippen molar-refractivity contribution in [2.45, 2.75) is 27.7 Å². The van der Waals surface area contributed by atoms with E-state index in [0.29, 0.717) is 0 Å². The number of ketones is 1. The highest BCUT2D eigenvalue weighted by molar-refractivity contribution is 6.44. The SMILES string of the molecule is C=CN=C(C(C)=O)/C(O)=C(/C)C(C)C. The van der Waals surface area contributed by atoms with E-state index in [1.807, 2.05) is 13.8 Å². The quantitative estimate of drug-likeness (QED) is 0.553. The van der Waals surface area contributed by atoms with Crippen LogP contribution in [0.2, 0.25) is 0 Å². The largest absolute Gasteiger partial charge is 0.506 e. The summed E-state index contributed by atoms with van der Waals surface area (Å²) in [5, 5.41) is 9.73. The van der Waals surface area contributed by atoms with Crippen LogP contribution in [0, 0.1) is 5.92 Å². The first-order valence-corrected chi connectivity index (χ1v) is 4.51. The standard InChI is InChI=1S/C11H17NO2/c1-6-12-10(9(5)13)11(14)8(4)7(2)3/h6-7,14H,1H2,2-5H3/b11-8+,12-10?. The number of hydrogen-bond acceptors (Lipinski definition) is 3. The number of carbonyl (C=O) groups excluding carboxylic acids is 1. The van der Waals surface area contributed by atoms with Gasteiger partial charge in [-0.25, -0.2) is 4.99 Å². The zero-order chi connectivity index (χ0) is 11.3. The minimum atomic E-state index is -0.262. The molecule has 14 heavy (non-hydrogen) atoms. The number of aliphatic imine (C=N–C) groups is 1. The average molecular weight is 195 g/mol. The van der Waals surface area contributed by atoms with Gasteiger partial charge in [0, 0.05) is 13.1 Å². The van der Waals surface area contributed by atoms with Crippen LogP contribution in [0.1, 0.15) is 27.7 Å². The lowest BCUT2D eigenvalue weighted by molar-refractivity contribution is -0.111. The lowest BCUT2D eigenvalue weighted by atomic mass is 10.0. The number of aliphatic hydroxyl groups is 1. The first-order chi connectivity index (χ1) is 6.41. The molecule has 0 fully saturated rings. The summed E-state index contributed by atoms with van der Waals surface area (Å²) in [4.78, 5) is 14.9. The molecule has 0 aliphatic rings. The predicted molar refractivity (Wildman–Crippen MR) is 58.5 cm³/mol. The van der Waals surface area contributed by atoms with Gasteiger partial charge >= 0.3 is 0 Å². The Hall–Kier alpha value is -1.38. The number of rotatable bonds is 4. The topological polar surface area (TPSA) is 49.7 Å². The van der Waals surface area contributed by atoms with Crippen LogP contribution in [0.4, 0.5) is 0 Å². The molecule has 0 aromatic rings. The molecule has 0 aliphatic heterocycles. The van der Waals surface area contributed by atoms with Crippen LogP contribution in [0.5, 0.6) is 0 Å². The lowest BCUT2D eigenvalue weighted by Gasteiger charge is -2.09. The molecule has 0 saturated carbocycles. The van der Waals surface area contributed by atoms with Gasteiger partial charge in [-0.05, 0) is 18.4 Å². The molecule has 0 amide bonds. The zero-order valence-electron chi connectivity index (χ0n) is 9.16. The fraction of sp³-hybridized carbons (Fsp3) is 0.455. The molecule has 0 aromatic heterocycles. The Balaban J connectivity index is 5.24. The molecule has 0 heterocycles. The maximum atomic E-state index is 11.1. The van der Waals surface area contributed by atoms with Gasteiger partial charge in [-0.15, -0.1) is 0 Å². The average Bonchev–Trinajstić information content (AvgIpc) is 2.11. The van der Waals surface area contributed by atoms with Crippen LogP contribution in [-0.2, 0) is 4.79 Å². The van der Waals surface area contributed by atoms with E-state index in [1.54, 1.807) is 6.92 Å². The Morgan fingerprint density at radius 3 is 2.21 bits per heavy atom. The van der Waals surface area contributed by atoms with Gasteiger partial charge in [-0.2, -0.15) is 0 Å². The van der Waals surface area contributed by atoms with E-state index in [1.165, 1.54) is 13.1 Å². The number of aliphatic hydroxyl groups excluding tert-OH is 1. The van der Waals surface area contributed by atoms with E-state index >= 15 is 0 Å². The van der Waals surface area contributed by atoms with Crippen molar-refractivity contribution < 1.29 is 9.90 Å². The number of nitrogens with zero attached hydrogens (tertiary/aromatic N) is 1. The Labute approximate surface area is 84.9 Å². The zero-order valence-corrected chi connectivity index (χ0v) is 9.16. The van der Waals surface area contributed by atoms with Crippen LogP contribution in [0.3, 0.4) is 0 Å². The normalized spacial score (nSPS) is 13.9. The molecule has 0 saturated heterocycles. The van der Waals surface area contributed by atoms with Crippen LogP contribution >= 0.6 is 0 Å². The molecule has 0 spiro atoms. The maximum Gasteiger partial charge on any atom is 0.181 e. The molecule has 78 valence electrons. The molecule has 0 atom stereocenters. The summed E-state index contributed by atoms with van der Waals surface area (Å²) >= 11 is 0. The van der Waals surface area contributed by atoms with E-state index in [4.69, 9.17) is 0 Å². The highest BCUT2D eigenvalue weighted by Gasteiger charge is 2.14. The second kappa shape index (κ2) is 5.37. The monoisotopic (exact) mass is 195 g/mol. The molecule has 0 radical (unpaired) electrons. The molecule has 0 aliphatic carbocycles. The van der Waals surface area contributed by atoms with E-state index in [2.05, 4.69) is 11.6 Å². The molecule has 0 bridgehead atoms. The Kier molecular flexibility index (Phi) is 4.84. The van der Waals surface area contributed by atoms with Gasteiger partial charge in [0.05, 0.1) is 0 Å². The fourth-order valence-electron chi connectivity index (χ4n) is 0.870. The Morgan fingerprint density at radius 2 is 1.93 bits per heavy atom. The van der Waals surface area contributed by atoms with Gasteiger partial charge in [0.2, 0.25) is 0 Å². The first kappa shape index (κ1) is 12.6. The van der Waals surface area contributed by atoms with E-state index in [9.17, 15) is 9.90 Å². The summed E-state index contributed by atoms with van der Waals surface area (Å²) in [5.41, 5.74) is 0.826. The molecular formula is C11H17NO2. The highest BCUT2D eigenvalue weighted by Crippen LogP contribution is 2.13. The summed E-state index contributed by atoms with van der Waals surface area (Å²) in [5.74, 6) is -0.112. The lowest BCUT2D eigenvalue weighted by Crippen LogP contribution is -2.15. The minimum Gasteiger partial charge on any atom is -0.506 e. The third-order valence-electron chi connectivity index (χ3n) is 2.02. The number of allylic oxidation sites excluding steroid dienone is 2. The van der Waals surface area contributed by atoms with Crippen molar-refractivity contribution in [2.24, 2.45) is 10.9 Å². The fourth-order valence-corrected chi connectivity index (χ4v) is 0.870. The van der Waals surface area contributed by atoms with Crippen molar-refractivity contribution in [3.05, 3.63) is 24.1 Å². The highest BCUT2D eigenvalue weighted by atomic mass is 16.3.